The second-order valence-electron chi connectivity index (χ2n) is 5.01. The quantitative estimate of drug-likeness (QED) is 0.597. The van der Waals surface area contributed by atoms with Gasteiger partial charge >= 0.3 is 0 Å². The molecule has 3 aromatic rings. The predicted molar refractivity (Wildman–Crippen MR) is 87.2 cm³/mol. The van der Waals surface area contributed by atoms with Crippen molar-refractivity contribution in [2.24, 2.45) is 0 Å². The second kappa shape index (κ2) is 6.23. The number of hydrogen-bond donors (Lipinski definition) is 1. The van der Waals surface area contributed by atoms with Crippen LogP contribution in [-0.4, -0.2) is 17.6 Å². The third-order valence-corrected chi connectivity index (χ3v) is 3.50. The monoisotopic (exact) mass is 303 g/mol. The maximum atomic E-state index is 12.4. The van der Waals surface area contributed by atoms with Gasteiger partial charge in [-0.1, -0.05) is 60.7 Å². The van der Waals surface area contributed by atoms with Crippen LogP contribution in [0.2, 0.25) is 0 Å². The molecule has 0 aliphatic heterocycles. The average molecular weight is 303 g/mol. The van der Waals surface area contributed by atoms with Gasteiger partial charge in [-0.15, -0.1) is 0 Å². The Hall–Kier alpha value is -3.27. The van der Waals surface area contributed by atoms with E-state index in [0.29, 0.717) is 10.9 Å². The molecule has 3 aromatic carbocycles. The summed E-state index contributed by atoms with van der Waals surface area (Å²) in [6, 6.07) is 20.7. The van der Waals surface area contributed by atoms with Crippen molar-refractivity contribution in [2.45, 2.75) is 0 Å². The van der Waals surface area contributed by atoms with Crippen LogP contribution in [0.5, 0.6) is 0 Å². The summed E-state index contributed by atoms with van der Waals surface area (Å²) in [6.45, 7) is 0. The first kappa shape index (κ1) is 14.7. The smallest absolute Gasteiger partial charge is 0.285 e. The van der Waals surface area contributed by atoms with Gasteiger partial charge in [-0.25, -0.2) is 0 Å². The number of hydrogen-bond acceptors (Lipinski definition) is 3. The predicted octanol–water partition coefficient (Wildman–Crippen LogP) is 2.98. The first-order chi connectivity index (χ1) is 11.2. The number of fused-ring (bicyclic) bond motifs is 1. The molecule has 112 valence electrons. The van der Waals surface area contributed by atoms with E-state index in [0.717, 1.165) is 5.39 Å². The molecule has 0 atom stereocenters. The number of imide groups is 1. The summed E-state index contributed by atoms with van der Waals surface area (Å²) >= 11 is 0. The van der Waals surface area contributed by atoms with Crippen LogP contribution in [0, 0.1) is 0 Å². The van der Waals surface area contributed by atoms with Gasteiger partial charge in [0.25, 0.3) is 17.6 Å². The molecule has 0 unspecified atom stereocenters. The Morgan fingerprint density at radius 1 is 0.696 bits per heavy atom. The molecule has 4 nitrogen and oxygen atoms in total. The number of benzene rings is 3. The SMILES string of the molecule is O=C(NC(=O)c1ccccc1)C(=O)c1cccc2ccccc12. The molecule has 0 heterocycles. The van der Waals surface area contributed by atoms with Crippen molar-refractivity contribution in [3.63, 3.8) is 0 Å². The maximum absolute atomic E-state index is 12.4. The van der Waals surface area contributed by atoms with E-state index in [-0.39, 0.29) is 5.56 Å². The highest BCUT2D eigenvalue weighted by Gasteiger charge is 2.21. The van der Waals surface area contributed by atoms with Crippen molar-refractivity contribution in [3.05, 3.63) is 83.9 Å². The Bertz CT molecular complexity index is 895. The molecule has 23 heavy (non-hydrogen) atoms. The molecule has 0 saturated carbocycles. The van der Waals surface area contributed by atoms with Gasteiger partial charge in [0.2, 0.25) is 0 Å². The van der Waals surface area contributed by atoms with E-state index in [1.54, 1.807) is 54.6 Å². The number of nitrogens with one attached hydrogen (secondary N) is 1. The highest BCUT2D eigenvalue weighted by molar-refractivity contribution is 6.47. The van der Waals surface area contributed by atoms with Crippen molar-refractivity contribution >= 4 is 28.4 Å². The second-order valence-corrected chi connectivity index (χ2v) is 5.01. The van der Waals surface area contributed by atoms with Crippen LogP contribution in [0.25, 0.3) is 10.8 Å². The number of rotatable bonds is 3. The normalized spacial score (nSPS) is 10.3. The van der Waals surface area contributed by atoms with Gasteiger partial charge < -0.3 is 0 Å². The minimum Gasteiger partial charge on any atom is -0.285 e. The molecule has 3 rings (SSSR count). The molecule has 0 aliphatic carbocycles. The zero-order valence-electron chi connectivity index (χ0n) is 12.2. The van der Waals surface area contributed by atoms with E-state index in [4.69, 9.17) is 0 Å². The molecule has 0 fully saturated rings. The average Bonchev–Trinajstić information content (AvgIpc) is 2.61. The molecule has 0 spiro atoms. The van der Waals surface area contributed by atoms with Crippen molar-refractivity contribution in [1.82, 2.24) is 5.32 Å². The zero-order valence-corrected chi connectivity index (χ0v) is 12.2. The molecule has 0 aromatic heterocycles. The highest BCUT2D eigenvalue weighted by atomic mass is 16.2. The standard InChI is InChI=1S/C19H13NO3/c21-17(16-12-6-10-13-7-4-5-11-15(13)16)19(23)20-18(22)14-8-2-1-3-9-14/h1-12H,(H,20,22,23). The lowest BCUT2D eigenvalue weighted by atomic mass is 10.0. The topological polar surface area (TPSA) is 63.2 Å². The van der Waals surface area contributed by atoms with Crippen LogP contribution in [0.15, 0.2) is 72.8 Å². The zero-order chi connectivity index (χ0) is 16.2. The Labute approximate surface area is 132 Å². The van der Waals surface area contributed by atoms with E-state index in [9.17, 15) is 14.4 Å². The van der Waals surface area contributed by atoms with Crippen LogP contribution in [0.1, 0.15) is 20.7 Å². The molecular weight excluding hydrogens is 290 g/mol. The minimum absolute atomic E-state index is 0.279. The number of carbonyl (C=O) groups is 3. The minimum atomic E-state index is -0.935. The highest BCUT2D eigenvalue weighted by Crippen LogP contribution is 2.19. The van der Waals surface area contributed by atoms with E-state index in [2.05, 4.69) is 5.32 Å². The fourth-order valence-corrected chi connectivity index (χ4v) is 2.37. The Balaban J connectivity index is 1.85. The molecule has 4 heteroatoms. The third-order valence-electron chi connectivity index (χ3n) is 3.50. The Morgan fingerprint density at radius 2 is 1.35 bits per heavy atom. The summed E-state index contributed by atoms with van der Waals surface area (Å²) in [7, 11) is 0. The van der Waals surface area contributed by atoms with E-state index >= 15 is 0 Å². The summed E-state index contributed by atoms with van der Waals surface area (Å²) in [6.07, 6.45) is 0. The van der Waals surface area contributed by atoms with Gasteiger partial charge in [0.15, 0.2) is 0 Å². The van der Waals surface area contributed by atoms with E-state index < -0.39 is 17.6 Å². The summed E-state index contributed by atoms with van der Waals surface area (Å²) < 4.78 is 0. The van der Waals surface area contributed by atoms with Crippen molar-refractivity contribution < 1.29 is 14.4 Å². The van der Waals surface area contributed by atoms with Gasteiger partial charge in [0, 0.05) is 11.1 Å². The maximum Gasteiger partial charge on any atom is 0.299 e. The van der Waals surface area contributed by atoms with Crippen LogP contribution in [0.3, 0.4) is 0 Å². The van der Waals surface area contributed by atoms with E-state index in [1.807, 2.05) is 18.2 Å². The molecule has 0 radical (unpaired) electrons. The van der Waals surface area contributed by atoms with Crippen molar-refractivity contribution in [1.29, 1.82) is 0 Å². The third kappa shape index (κ3) is 3.01. The molecule has 0 bridgehead atoms. The summed E-state index contributed by atoms with van der Waals surface area (Å²) in [5.74, 6) is -2.26. The number of carbonyl (C=O) groups excluding carboxylic acids is 3. The largest absolute Gasteiger partial charge is 0.299 e. The fraction of sp³-hybridized carbons (Fsp3) is 0. The molecule has 0 aliphatic rings. The fourth-order valence-electron chi connectivity index (χ4n) is 2.37. The van der Waals surface area contributed by atoms with Gasteiger partial charge in [-0.3, -0.25) is 19.7 Å². The lowest BCUT2D eigenvalue weighted by molar-refractivity contribution is -0.116. The van der Waals surface area contributed by atoms with Gasteiger partial charge in [-0.2, -0.15) is 0 Å². The first-order valence-corrected chi connectivity index (χ1v) is 7.09. The Kier molecular flexibility index (Phi) is 3.97. The lowest BCUT2D eigenvalue weighted by Crippen LogP contribution is -2.36. The summed E-state index contributed by atoms with van der Waals surface area (Å²) in [5.41, 5.74) is 0.605. The van der Waals surface area contributed by atoms with Gasteiger partial charge in [0.1, 0.15) is 0 Å². The van der Waals surface area contributed by atoms with Crippen LogP contribution < -0.4 is 5.32 Å². The number of ketones is 1. The molecule has 1 N–H and O–H groups in total. The van der Waals surface area contributed by atoms with Crippen molar-refractivity contribution in [2.75, 3.05) is 0 Å². The van der Waals surface area contributed by atoms with E-state index in [1.165, 1.54) is 0 Å². The summed E-state index contributed by atoms with van der Waals surface area (Å²) in [4.78, 5) is 36.4. The molecule has 0 saturated heterocycles. The Morgan fingerprint density at radius 3 is 2.13 bits per heavy atom. The van der Waals surface area contributed by atoms with Gasteiger partial charge in [-0.05, 0) is 22.9 Å². The first-order valence-electron chi connectivity index (χ1n) is 7.09. The van der Waals surface area contributed by atoms with Crippen LogP contribution in [0.4, 0.5) is 0 Å². The molecule has 2 amide bonds. The lowest BCUT2D eigenvalue weighted by Gasteiger charge is -2.06. The van der Waals surface area contributed by atoms with Crippen LogP contribution >= 0.6 is 0 Å². The summed E-state index contributed by atoms with van der Waals surface area (Å²) in [5, 5.41) is 3.68. The number of Topliss-reactive ketones (excluding diaryl/α,β-unsaturated/α-hetero) is 1. The van der Waals surface area contributed by atoms with Crippen molar-refractivity contribution in [3.8, 4) is 0 Å². The number of amides is 2. The molecular formula is C19H13NO3. The van der Waals surface area contributed by atoms with Crippen LogP contribution in [-0.2, 0) is 4.79 Å². The van der Waals surface area contributed by atoms with Gasteiger partial charge in [0.05, 0.1) is 0 Å².